The van der Waals surface area contributed by atoms with Crippen molar-refractivity contribution in [2.24, 2.45) is 5.73 Å². The van der Waals surface area contributed by atoms with Crippen LogP contribution < -0.4 is 10.6 Å². The fourth-order valence-corrected chi connectivity index (χ4v) is 2.47. The number of anilines is 1. The number of nitrogens with two attached hydrogens (primary N) is 1. The monoisotopic (exact) mass is 232 g/mol. The number of nitrogen functional groups attached to an aromatic ring is 1. The molecule has 1 aliphatic heterocycles. The highest BCUT2D eigenvalue weighted by molar-refractivity contribution is 5.95. The molecule has 0 spiro atoms. The van der Waals surface area contributed by atoms with Crippen LogP contribution in [0.1, 0.15) is 38.2 Å². The first-order valence-electron chi connectivity index (χ1n) is 6.29. The van der Waals surface area contributed by atoms with Crippen LogP contribution in [0.15, 0.2) is 18.3 Å². The number of amidine groups is 1. The molecule has 1 aliphatic rings. The topological polar surface area (TPSA) is 66.0 Å². The van der Waals surface area contributed by atoms with E-state index in [0.29, 0.717) is 6.04 Å². The number of rotatable bonds is 3. The summed E-state index contributed by atoms with van der Waals surface area (Å²) in [4.78, 5) is 6.77. The maximum atomic E-state index is 7.47. The van der Waals surface area contributed by atoms with Crippen LogP contribution in [0.4, 0.5) is 5.82 Å². The van der Waals surface area contributed by atoms with Crippen LogP contribution in [0.25, 0.3) is 0 Å². The van der Waals surface area contributed by atoms with E-state index in [9.17, 15) is 0 Å². The minimum Gasteiger partial charge on any atom is -0.384 e. The molecule has 1 atom stereocenters. The van der Waals surface area contributed by atoms with Crippen molar-refractivity contribution in [3.05, 3.63) is 23.9 Å². The predicted octanol–water partition coefficient (Wildman–Crippen LogP) is 2.13. The van der Waals surface area contributed by atoms with Gasteiger partial charge in [0, 0.05) is 24.3 Å². The fourth-order valence-electron chi connectivity index (χ4n) is 2.47. The summed E-state index contributed by atoms with van der Waals surface area (Å²) in [6, 6.07) is 4.30. The Bertz CT molecular complexity index is 402. The van der Waals surface area contributed by atoms with E-state index >= 15 is 0 Å². The Morgan fingerprint density at radius 1 is 1.59 bits per heavy atom. The standard InChI is InChI=1S/C13H20N4/c1-2-11-5-3-4-8-17(11)12-9-10(13(14)15)6-7-16-12/h6-7,9,11H,2-5,8H2,1H3,(H3,14,15). The van der Waals surface area contributed by atoms with Crippen LogP contribution in [0.3, 0.4) is 0 Å². The van der Waals surface area contributed by atoms with Crippen LogP contribution in [0.2, 0.25) is 0 Å². The van der Waals surface area contributed by atoms with Crippen LogP contribution in [0.5, 0.6) is 0 Å². The van der Waals surface area contributed by atoms with Gasteiger partial charge in [-0.25, -0.2) is 4.98 Å². The Balaban J connectivity index is 2.25. The predicted molar refractivity (Wildman–Crippen MR) is 70.5 cm³/mol. The molecule has 0 bridgehead atoms. The molecule has 0 radical (unpaired) electrons. The van der Waals surface area contributed by atoms with Crippen molar-refractivity contribution in [1.82, 2.24) is 4.98 Å². The largest absolute Gasteiger partial charge is 0.384 e. The molecule has 0 saturated carbocycles. The number of aromatic nitrogens is 1. The first-order valence-corrected chi connectivity index (χ1v) is 6.29. The van der Waals surface area contributed by atoms with Gasteiger partial charge in [-0.1, -0.05) is 6.92 Å². The summed E-state index contributed by atoms with van der Waals surface area (Å²) in [5.74, 6) is 1.07. The highest BCUT2D eigenvalue weighted by atomic mass is 15.2. The van der Waals surface area contributed by atoms with Crippen LogP contribution in [-0.2, 0) is 0 Å². The van der Waals surface area contributed by atoms with E-state index in [1.165, 1.54) is 19.3 Å². The maximum absolute atomic E-state index is 7.47. The van der Waals surface area contributed by atoms with E-state index in [1.54, 1.807) is 12.3 Å². The van der Waals surface area contributed by atoms with Gasteiger partial charge < -0.3 is 10.6 Å². The molecule has 92 valence electrons. The summed E-state index contributed by atoms with van der Waals surface area (Å²) in [6.07, 6.45) is 6.66. The highest BCUT2D eigenvalue weighted by Gasteiger charge is 2.22. The van der Waals surface area contributed by atoms with Crippen molar-refractivity contribution in [2.45, 2.75) is 38.6 Å². The SMILES string of the molecule is CCC1CCCCN1c1cc(C(=N)N)ccn1. The molecule has 1 aromatic heterocycles. The Kier molecular flexibility index (Phi) is 3.61. The molecule has 0 aliphatic carbocycles. The van der Waals surface area contributed by atoms with Crippen molar-refractivity contribution in [3.63, 3.8) is 0 Å². The second-order valence-electron chi connectivity index (χ2n) is 4.57. The quantitative estimate of drug-likeness (QED) is 0.620. The Hall–Kier alpha value is -1.58. The molecule has 4 heteroatoms. The van der Waals surface area contributed by atoms with Gasteiger partial charge in [-0.05, 0) is 37.8 Å². The highest BCUT2D eigenvalue weighted by Crippen LogP contribution is 2.25. The lowest BCUT2D eigenvalue weighted by Gasteiger charge is -2.36. The lowest BCUT2D eigenvalue weighted by atomic mass is 10.00. The van der Waals surface area contributed by atoms with E-state index in [2.05, 4.69) is 16.8 Å². The summed E-state index contributed by atoms with van der Waals surface area (Å²) < 4.78 is 0. The number of nitrogens with one attached hydrogen (secondary N) is 1. The molecular formula is C13H20N4. The van der Waals surface area contributed by atoms with Crippen LogP contribution >= 0.6 is 0 Å². The third-order valence-electron chi connectivity index (χ3n) is 3.45. The molecular weight excluding hydrogens is 212 g/mol. The van der Waals surface area contributed by atoms with Gasteiger partial charge in [0.05, 0.1) is 0 Å². The molecule has 1 unspecified atom stereocenters. The van der Waals surface area contributed by atoms with Gasteiger partial charge in [0.2, 0.25) is 0 Å². The normalized spacial score (nSPS) is 20.3. The van der Waals surface area contributed by atoms with Gasteiger partial charge >= 0.3 is 0 Å². The van der Waals surface area contributed by atoms with Gasteiger partial charge in [0.25, 0.3) is 0 Å². The third kappa shape index (κ3) is 2.57. The van der Waals surface area contributed by atoms with Gasteiger partial charge in [-0.15, -0.1) is 0 Å². The average molecular weight is 232 g/mol. The summed E-state index contributed by atoms with van der Waals surface area (Å²) >= 11 is 0. The molecule has 17 heavy (non-hydrogen) atoms. The minimum atomic E-state index is 0.110. The van der Waals surface area contributed by atoms with E-state index < -0.39 is 0 Å². The summed E-state index contributed by atoms with van der Waals surface area (Å²) in [7, 11) is 0. The molecule has 0 aromatic carbocycles. The summed E-state index contributed by atoms with van der Waals surface area (Å²) in [5.41, 5.74) is 6.28. The third-order valence-corrected chi connectivity index (χ3v) is 3.45. The molecule has 1 saturated heterocycles. The molecule has 0 amide bonds. The molecule has 2 rings (SSSR count). The number of nitrogens with zero attached hydrogens (tertiary/aromatic N) is 2. The van der Waals surface area contributed by atoms with Gasteiger partial charge in [0.15, 0.2) is 0 Å². The molecule has 3 N–H and O–H groups in total. The van der Waals surface area contributed by atoms with Crippen LogP contribution in [0, 0.1) is 5.41 Å². The lowest BCUT2D eigenvalue weighted by Crippen LogP contribution is -2.39. The second kappa shape index (κ2) is 5.17. The molecule has 1 fully saturated rings. The van der Waals surface area contributed by atoms with Crippen molar-refractivity contribution < 1.29 is 0 Å². The van der Waals surface area contributed by atoms with Crippen molar-refractivity contribution >= 4 is 11.7 Å². The zero-order chi connectivity index (χ0) is 12.3. The zero-order valence-corrected chi connectivity index (χ0v) is 10.3. The maximum Gasteiger partial charge on any atom is 0.129 e. The molecule has 2 heterocycles. The van der Waals surface area contributed by atoms with Crippen molar-refractivity contribution in [1.29, 1.82) is 5.41 Å². The van der Waals surface area contributed by atoms with E-state index in [4.69, 9.17) is 11.1 Å². The van der Waals surface area contributed by atoms with Gasteiger partial charge in [-0.3, -0.25) is 5.41 Å². The van der Waals surface area contributed by atoms with Crippen molar-refractivity contribution in [3.8, 4) is 0 Å². The second-order valence-corrected chi connectivity index (χ2v) is 4.57. The van der Waals surface area contributed by atoms with E-state index in [-0.39, 0.29) is 5.84 Å². The number of piperidine rings is 1. The minimum absolute atomic E-state index is 0.110. The van der Waals surface area contributed by atoms with Gasteiger partial charge in [-0.2, -0.15) is 0 Å². The number of hydrogen-bond acceptors (Lipinski definition) is 3. The summed E-state index contributed by atoms with van der Waals surface area (Å²) in [5, 5.41) is 7.47. The van der Waals surface area contributed by atoms with E-state index in [1.807, 2.05) is 6.07 Å². The van der Waals surface area contributed by atoms with Crippen LogP contribution in [-0.4, -0.2) is 23.4 Å². The van der Waals surface area contributed by atoms with E-state index in [0.717, 1.165) is 24.3 Å². The zero-order valence-electron chi connectivity index (χ0n) is 10.3. The number of pyridine rings is 1. The van der Waals surface area contributed by atoms with Crippen molar-refractivity contribution in [2.75, 3.05) is 11.4 Å². The smallest absolute Gasteiger partial charge is 0.129 e. The first kappa shape index (κ1) is 11.9. The molecule has 1 aromatic rings. The average Bonchev–Trinajstić information content (AvgIpc) is 2.39. The Morgan fingerprint density at radius 3 is 3.12 bits per heavy atom. The fraction of sp³-hybridized carbons (Fsp3) is 0.538. The lowest BCUT2D eigenvalue weighted by molar-refractivity contribution is 0.447. The Labute approximate surface area is 102 Å². The first-order chi connectivity index (χ1) is 8.22. The Morgan fingerprint density at radius 2 is 2.41 bits per heavy atom. The van der Waals surface area contributed by atoms with Gasteiger partial charge in [0.1, 0.15) is 11.7 Å². The molecule has 4 nitrogen and oxygen atoms in total. The number of hydrogen-bond donors (Lipinski definition) is 2. The summed E-state index contributed by atoms with van der Waals surface area (Å²) in [6.45, 7) is 3.28.